The van der Waals surface area contributed by atoms with Crippen molar-refractivity contribution in [1.82, 2.24) is 5.32 Å². The van der Waals surface area contributed by atoms with Crippen LogP contribution in [0.3, 0.4) is 0 Å². The first-order valence-corrected chi connectivity index (χ1v) is 5.18. The first-order chi connectivity index (χ1) is 6.35. The van der Waals surface area contributed by atoms with Crippen LogP contribution in [0, 0.1) is 11.3 Å². The Hall–Kier alpha value is -0.410. The minimum absolute atomic E-state index is 0.179. The Morgan fingerprint density at radius 2 is 2.23 bits per heavy atom. The Morgan fingerprint density at radius 1 is 1.46 bits per heavy atom. The SMILES string of the molecule is N=CCC1COC2(CCNCC2)C1. The first-order valence-electron chi connectivity index (χ1n) is 5.18. The van der Waals surface area contributed by atoms with Gasteiger partial charge in [-0.15, -0.1) is 0 Å². The van der Waals surface area contributed by atoms with E-state index < -0.39 is 0 Å². The maximum Gasteiger partial charge on any atom is 0.0710 e. The van der Waals surface area contributed by atoms with Crippen molar-refractivity contribution < 1.29 is 4.74 Å². The normalized spacial score (nSPS) is 32.2. The van der Waals surface area contributed by atoms with Gasteiger partial charge in [0.2, 0.25) is 0 Å². The molecule has 0 saturated carbocycles. The molecule has 13 heavy (non-hydrogen) atoms. The minimum atomic E-state index is 0.179. The van der Waals surface area contributed by atoms with Crippen LogP contribution in [0.2, 0.25) is 0 Å². The molecule has 1 unspecified atom stereocenters. The van der Waals surface area contributed by atoms with Gasteiger partial charge in [0.15, 0.2) is 0 Å². The van der Waals surface area contributed by atoms with Crippen LogP contribution in [0.4, 0.5) is 0 Å². The fourth-order valence-electron chi connectivity index (χ4n) is 2.49. The molecule has 0 aromatic heterocycles. The summed E-state index contributed by atoms with van der Waals surface area (Å²) < 4.78 is 5.90. The Kier molecular flexibility index (Phi) is 2.65. The number of rotatable bonds is 2. The Morgan fingerprint density at radius 3 is 2.92 bits per heavy atom. The van der Waals surface area contributed by atoms with Crippen LogP contribution in [0.15, 0.2) is 0 Å². The van der Waals surface area contributed by atoms with E-state index in [-0.39, 0.29) is 5.60 Å². The predicted octanol–water partition coefficient (Wildman–Crippen LogP) is 1.18. The molecule has 2 aliphatic rings. The highest BCUT2D eigenvalue weighted by Gasteiger charge is 2.40. The topological polar surface area (TPSA) is 45.1 Å². The van der Waals surface area contributed by atoms with Gasteiger partial charge >= 0.3 is 0 Å². The Bertz CT molecular complexity index is 187. The molecule has 74 valence electrons. The van der Waals surface area contributed by atoms with Crippen molar-refractivity contribution in [2.24, 2.45) is 5.92 Å². The smallest absolute Gasteiger partial charge is 0.0710 e. The van der Waals surface area contributed by atoms with Gasteiger partial charge in [0.25, 0.3) is 0 Å². The monoisotopic (exact) mass is 182 g/mol. The molecule has 1 atom stereocenters. The standard InChI is InChI=1S/C10H18N2O/c11-4-1-9-7-10(13-8-9)2-5-12-6-3-10/h4,9,11-12H,1-3,5-8H2. The number of hydrogen-bond donors (Lipinski definition) is 2. The van der Waals surface area contributed by atoms with Crippen molar-refractivity contribution in [3.63, 3.8) is 0 Å². The van der Waals surface area contributed by atoms with Gasteiger partial charge in [-0.2, -0.15) is 0 Å². The lowest BCUT2D eigenvalue weighted by Gasteiger charge is -2.33. The predicted molar refractivity (Wildman–Crippen MR) is 52.3 cm³/mol. The molecular weight excluding hydrogens is 164 g/mol. The van der Waals surface area contributed by atoms with E-state index in [0.717, 1.165) is 39.0 Å². The van der Waals surface area contributed by atoms with Crippen LogP contribution < -0.4 is 5.32 Å². The lowest BCUT2D eigenvalue weighted by Crippen LogP contribution is -2.41. The molecule has 2 aliphatic heterocycles. The second-order valence-corrected chi connectivity index (χ2v) is 4.25. The molecule has 2 rings (SSSR count). The molecule has 1 spiro atoms. The lowest BCUT2D eigenvalue weighted by molar-refractivity contribution is -0.0196. The maximum absolute atomic E-state index is 7.08. The number of ether oxygens (including phenoxy) is 1. The van der Waals surface area contributed by atoms with E-state index in [1.54, 1.807) is 0 Å². The van der Waals surface area contributed by atoms with Crippen molar-refractivity contribution in [3.05, 3.63) is 0 Å². The summed E-state index contributed by atoms with van der Waals surface area (Å²) in [6.45, 7) is 3.06. The zero-order valence-corrected chi connectivity index (χ0v) is 8.01. The van der Waals surface area contributed by atoms with Crippen LogP contribution >= 0.6 is 0 Å². The maximum atomic E-state index is 7.08. The highest BCUT2D eigenvalue weighted by molar-refractivity contribution is 5.53. The van der Waals surface area contributed by atoms with Crippen molar-refractivity contribution in [1.29, 1.82) is 5.41 Å². The van der Waals surface area contributed by atoms with Crippen LogP contribution in [-0.4, -0.2) is 31.5 Å². The zero-order valence-electron chi connectivity index (χ0n) is 8.01. The zero-order chi connectivity index (χ0) is 9.15. The van der Waals surface area contributed by atoms with Gasteiger partial charge in [0.1, 0.15) is 0 Å². The van der Waals surface area contributed by atoms with Crippen molar-refractivity contribution in [2.45, 2.75) is 31.3 Å². The average molecular weight is 182 g/mol. The highest BCUT2D eigenvalue weighted by atomic mass is 16.5. The molecule has 2 N–H and O–H groups in total. The molecule has 2 heterocycles. The number of hydrogen-bond acceptors (Lipinski definition) is 3. The summed E-state index contributed by atoms with van der Waals surface area (Å²) in [6.07, 6.45) is 5.90. The third-order valence-corrected chi connectivity index (χ3v) is 3.25. The van der Waals surface area contributed by atoms with E-state index in [0.29, 0.717) is 5.92 Å². The second kappa shape index (κ2) is 3.76. The van der Waals surface area contributed by atoms with Gasteiger partial charge in [-0.25, -0.2) is 0 Å². The summed E-state index contributed by atoms with van der Waals surface area (Å²) in [5.41, 5.74) is 0.179. The van der Waals surface area contributed by atoms with Crippen molar-refractivity contribution in [2.75, 3.05) is 19.7 Å². The third kappa shape index (κ3) is 1.92. The molecule has 3 heteroatoms. The summed E-state index contributed by atoms with van der Waals surface area (Å²) in [6, 6.07) is 0. The van der Waals surface area contributed by atoms with Gasteiger partial charge in [-0.1, -0.05) is 0 Å². The molecule has 2 fully saturated rings. The quantitative estimate of drug-likeness (QED) is 0.630. The van der Waals surface area contributed by atoms with Gasteiger partial charge in [0, 0.05) is 0 Å². The fraction of sp³-hybridized carbons (Fsp3) is 0.900. The van der Waals surface area contributed by atoms with Gasteiger partial charge in [-0.05, 0) is 50.9 Å². The number of piperidine rings is 1. The summed E-state index contributed by atoms with van der Waals surface area (Å²) >= 11 is 0. The summed E-state index contributed by atoms with van der Waals surface area (Å²) in [5.74, 6) is 0.607. The highest BCUT2D eigenvalue weighted by Crippen LogP contribution is 2.37. The first kappa shape index (κ1) is 9.16. The summed E-state index contributed by atoms with van der Waals surface area (Å²) in [7, 11) is 0. The molecule has 0 amide bonds. The molecule has 0 aromatic carbocycles. The van der Waals surface area contributed by atoms with Crippen LogP contribution in [-0.2, 0) is 4.74 Å². The molecular formula is C10H18N2O. The van der Waals surface area contributed by atoms with Gasteiger partial charge in [0.05, 0.1) is 12.2 Å². The molecule has 0 aliphatic carbocycles. The molecule has 3 nitrogen and oxygen atoms in total. The van der Waals surface area contributed by atoms with Crippen molar-refractivity contribution in [3.8, 4) is 0 Å². The largest absolute Gasteiger partial charge is 0.375 e. The average Bonchev–Trinajstić information content (AvgIpc) is 2.51. The molecule has 0 radical (unpaired) electrons. The summed E-state index contributed by atoms with van der Waals surface area (Å²) in [5, 5.41) is 10.4. The van der Waals surface area contributed by atoms with E-state index in [9.17, 15) is 0 Å². The Balaban J connectivity index is 1.90. The van der Waals surface area contributed by atoms with Gasteiger partial charge in [-0.3, -0.25) is 0 Å². The van der Waals surface area contributed by atoms with E-state index >= 15 is 0 Å². The lowest BCUT2D eigenvalue weighted by atomic mass is 9.85. The van der Waals surface area contributed by atoms with Crippen LogP contribution in [0.1, 0.15) is 25.7 Å². The number of nitrogens with one attached hydrogen (secondary N) is 2. The van der Waals surface area contributed by atoms with Crippen LogP contribution in [0.5, 0.6) is 0 Å². The molecule has 2 saturated heterocycles. The third-order valence-electron chi connectivity index (χ3n) is 3.25. The van der Waals surface area contributed by atoms with Gasteiger partial charge < -0.3 is 15.5 Å². The van der Waals surface area contributed by atoms with E-state index in [2.05, 4.69) is 5.32 Å². The summed E-state index contributed by atoms with van der Waals surface area (Å²) in [4.78, 5) is 0. The molecule has 0 bridgehead atoms. The minimum Gasteiger partial charge on any atom is -0.375 e. The second-order valence-electron chi connectivity index (χ2n) is 4.25. The fourth-order valence-corrected chi connectivity index (χ4v) is 2.49. The Labute approximate surface area is 79.4 Å². The van der Waals surface area contributed by atoms with Crippen LogP contribution in [0.25, 0.3) is 0 Å². The van der Waals surface area contributed by atoms with Crippen molar-refractivity contribution >= 4 is 6.21 Å². The van der Waals surface area contributed by atoms with E-state index in [4.69, 9.17) is 10.1 Å². The molecule has 0 aromatic rings. The van der Waals surface area contributed by atoms with E-state index in [1.165, 1.54) is 12.6 Å². The van der Waals surface area contributed by atoms with E-state index in [1.807, 2.05) is 0 Å².